The SMILES string of the molecule is CNCCC(c1ccccc1)n1cc2ccc(Cl)cc2n1. The van der Waals surface area contributed by atoms with Crippen LogP contribution >= 0.6 is 11.6 Å². The first-order valence-corrected chi connectivity index (χ1v) is 7.49. The summed E-state index contributed by atoms with van der Waals surface area (Å²) in [5, 5.41) is 9.76. The lowest BCUT2D eigenvalue weighted by Crippen LogP contribution is -2.18. The second-order valence-electron chi connectivity index (χ2n) is 5.13. The van der Waals surface area contributed by atoms with E-state index in [0.29, 0.717) is 0 Å². The minimum atomic E-state index is 0.227. The molecule has 1 unspecified atom stereocenters. The zero-order valence-electron chi connectivity index (χ0n) is 12.0. The van der Waals surface area contributed by atoms with E-state index in [0.717, 1.165) is 28.9 Å². The van der Waals surface area contributed by atoms with Gasteiger partial charge in [-0.05, 0) is 43.8 Å². The highest BCUT2D eigenvalue weighted by molar-refractivity contribution is 6.31. The van der Waals surface area contributed by atoms with Crippen LogP contribution in [-0.4, -0.2) is 23.4 Å². The van der Waals surface area contributed by atoms with Crippen molar-refractivity contribution in [1.82, 2.24) is 15.1 Å². The van der Waals surface area contributed by atoms with Crippen molar-refractivity contribution in [3.05, 3.63) is 65.3 Å². The zero-order valence-corrected chi connectivity index (χ0v) is 12.7. The Balaban J connectivity index is 2.01. The number of hydrogen-bond donors (Lipinski definition) is 1. The van der Waals surface area contributed by atoms with Crippen molar-refractivity contribution >= 4 is 22.5 Å². The van der Waals surface area contributed by atoms with Crippen LogP contribution in [0.25, 0.3) is 10.9 Å². The van der Waals surface area contributed by atoms with Gasteiger partial charge in [0.05, 0.1) is 11.6 Å². The molecule has 108 valence electrons. The number of hydrogen-bond acceptors (Lipinski definition) is 2. The number of aromatic nitrogens is 2. The van der Waals surface area contributed by atoms with Gasteiger partial charge in [0, 0.05) is 16.6 Å². The summed E-state index contributed by atoms with van der Waals surface area (Å²) in [5.41, 5.74) is 2.21. The summed E-state index contributed by atoms with van der Waals surface area (Å²) in [6.45, 7) is 0.941. The molecular weight excluding hydrogens is 282 g/mol. The molecule has 0 aliphatic rings. The molecule has 1 atom stereocenters. The Kier molecular flexibility index (Phi) is 4.23. The molecule has 0 amide bonds. The van der Waals surface area contributed by atoms with E-state index in [2.05, 4.69) is 35.8 Å². The molecule has 0 fully saturated rings. The van der Waals surface area contributed by atoms with Crippen LogP contribution in [0.2, 0.25) is 5.02 Å². The third kappa shape index (κ3) is 3.09. The van der Waals surface area contributed by atoms with Gasteiger partial charge < -0.3 is 5.32 Å². The van der Waals surface area contributed by atoms with E-state index in [-0.39, 0.29) is 6.04 Å². The maximum atomic E-state index is 6.05. The fourth-order valence-electron chi connectivity index (χ4n) is 2.58. The summed E-state index contributed by atoms with van der Waals surface area (Å²) in [6, 6.07) is 16.5. The van der Waals surface area contributed by atoms with Gasteiger partial charge in [0.25, 0.3) is 0 Å². The molecule has 3 aromatic rings. The number of nitrogens with zero attached hydrogens (tertiary/aromatic N) is 2. The van der Waals surface area contributed by atoms with Crippen LogP contribution in [0.3, 0.4) is 0 Å². The molecule has 21 heavy (non-hydrogen) atoms. The molecular formula is C17H18ClN3. The van der Waals surface area contributed by atoms with E-state index in [9.17, 15) is 0 Å². The number of benzene rings is 2. The maximum absolute atomic E-state index is 6.05. The molecule has 0 bridgehead atoms. The number of nitrogens with one attached hydrogen (secondary N) is 1. The normalized spacial score (nSPS) is 12.7. The summed E-state index contributed by atoms with van der Waals surface area (Å²) in [6.07, 6.45) is 3.08. The first-order valence-electron chi connectivity index (χ1n) is 7.12. The van der Waals surface area contributed by atoms with Crippen LogP contribution in [0.4, 0.5) is 0 Å². The van der Waals surface area contributed by atoms with Gasteiger partial charge in [0.1, 0.15) is 0 Å². The molecule has 3 rings (SSSR count). The van der Waals surface area contributed by atoms with Crippen LogP contribution in [0, 0.1) is 0 Å². The predicted molar refractivity (Wildman–Crippen MR) is 87.9 cm³/mol. The van der Waals surface area contributed by atoms with E-state index in [1.165, 1.54) is 5.56 Å². The largest absolute Gasteiger partial charge is 0.320 e. The average molecular weight is 300 g/mol. The summed E-state index contributed by atoms with van der Waals surface area (Å²) < 4.78 is 2.05. The molecule has 1 heterocycles. The Hall–Kier alpha value is -1.84. The molecule has 0 spiro atoms. The number of fused-ring (bicyclic) bond motifs is 1. The third-order valence-electron chi connectivity index (χ3n) is 3.66. The fourth-order valence-corrected chi connectivity index (χ4v) is 2.74. The summed E-state index contributed by atoms with van der Waals surface area (Å²) >= 11 is 6.05. The Bertz CT molecular complexity index is 721. The van der Waals surface area contributed by atoms with E-state index in [1.54, 1.807) is 0 Å². The third-order valence-corrected chi connectivity index (χ3v) is 3.89. The molecule has 3 nitrogen and oxygen atoms in total. The number of rotatable bonds is 5. The topological polar surface area (TPSA) is 29.9 Å². The molecule has 0 radical (unpaired) electrons. The van der Waals surface area contributed by atoms with Crippen molar-refractivity contribution in [2.24, 2.45) is 0 Å². The molecule has 0 aliphatic heterocycles. The van der Waals surface area contributed by atoms with Gasteiger partial charge in [0.2, 0.25) is 0 Å². The minimum absolute atomic E-state index is 0.227. The molecule has 1 N–H and O–H groups in total. The van der Waals surface area contributed by atoms with Crippen LogP contribution < -0.4 is 5.32 Å². The quantitative estimate of drug-likeness (QED) is 0.774. The molecule has 1 aromatic heterocycles. The van der Waals surface area contributed by atoms with Gasteiger partial charge in [-0.25, -0.2) is 0 Å². The molecule has 0 aliphatic carbocycles. The van der Waals surface area contributed by atoms with Gasteiger partial charge in [-0.3, -0.25) is 4.68 Å². The van der Waals surface area contributed by atoms with E-state index in [1.807, 2.05) is 36.0 Å². The monoisotopic (exact) mass is 299 g/mol. The van der Waals surface area contributed by atoms with Gasteiger partial charge in [-0.15, -0.1) is 0 Å². The lowest BCUT2D eigenvalue weighted by atomic mass is 10.0. The lowest BCUT2D eigenvalue weighted by molar-refractivity contribution is 0.484. The first-order chi connectivity index (χ1) is 10.3. The minimum Gasteiger partial charge on any atom is -0.320 e. The molecule has 2 aromatic carbocycles. The van der Waals surface area contributed by atoms with Crippen LogP contribution in [-0.2, 0) is 0 Å². The zero-order chi connectivity index (χ0) is 14.7. The predicted octanol–water partition coefficient (Wildman–Crippen LogP) is 3.89. The first kappa shape index (κ1) is 14.1. The highest BCUT2D eigenvalue weighted by atomic mass is 35.5. The standard InChI is InChI=1S/C17H18ClN3/c1-19-10-9-17(13-5-3-2-4-6-13)21-12-14-7-8-15(18)11-16(14)20-21/h2-8,11-12,17,19H,9-10H2,1H3. The van der Waals surface area contributed by atoms with E-state index < -0.39 is 0 Å². The highest BCUT2D eigenvalue weighted by Gasteiger charge is 2.15. The second-order valence-corrected chi connectivity index (χ2v) is 5.57. The number of halogens is 1. The lowest BCUT2D eigenvalue weighted by Gasteiger charge is -2.17. The van der Waals surface area contributed by atoms with Gasteiger partial charge in [-0.2, -0.15) is 5.10 Å². The summed E-state index contributed by atoms with van der Waals surface area (Å²) in [5.74, 6) is 0. The van der Waals surface area contributed by atoms with Crippen molar-refractivity contribution in [3.63, 3.8) is 0 Å². The fraction of sp³-hybridized carbons (Fsp3) is 0.235. The Morgan fingerprint density at radius 1 is 1.19 bits per heavy atom. The van der Waals surface area contributed by atoms with Crippen LogP contribution in [0.15, 0.2) is 54.7 Å². The Morgan fingerprint density at radius 3 is 2.76 bits per heavy atom. The van der Waals surface area contributed by atoms with E-state index in [4.69, 9.17) is 16.7 Å². The van der Waals surface area contributed by atoms with Gasteiger partial charge >= 0.3 is 0 Å². The maximum Gasteiger partial charge on any atom is 0.0938 e. The Morgan fingerprint density at radius 2 is 2.00 bits per heavy atom. The van der Waals surface area contributed by atoms with Crippen molar-refractivity contribution < 1.29 is 0 Å². The van der Waals surface area contributed by atoms with Crippen molar-refractivity contribution in [3.8, 4) is 0 Å². The van der Waals surface area contributed by atoms with Crippen molar-refractivity contribution in [1.29, 1.82) is 0 Å². The van der Waals surface area contributed by atoms with Crippen molar-refractivity contribution in [2.45, 2.75) is 12.5 Å². The van der Waals surface area contributed by atoms with Crippen LogP contribution in [0.1, 0.15) is 18.0 Å². The van der Waals surface area contributed by atoms with Gasteiger partial charge in [0.15, 0.2) is 0 Å². The second kappa shape index (κ2) is 6.29. The van der Waals surface area contributed by atoms with E-state index >= 15 is 0 Å². The molecule has 4 heteroatoms. The smallest absolute Gasteiger partial charge is 0.0938 e. The molecule has 0 saturated carbocycles. The van der Waals surface area contributed by atoms with Crippen LogP contribution in [0.5, 0.6) is 0 Å². The molecule has 0 saturated heterocycles. The summed E-state index contributed by atoms with van der Waals surface area (Å²) in [7, 11) is 1.97. The highest BCUT2D eigenvalue weighted by Crippen LogP contribution is 2.25. The Labute approximate surface area is 129 Å². The van der Waals surface area contributed by atoms with Crippen molar-refractivity contribution in [2.75, 3.05) is 13.6 Å². The van der Waals surface area contributed by atoms with Gasteiger partial charge in [-0.1, -0.05) is 41.9 Å². The summed E-state index contributed by atoms with van der Waals surface area (Å²) in [4.78, 5) is 0. The average Bonchev–Trinajstić information content (AvgIpc) is 2.91.